The van der Waals surface area contributed by atoms with E-state index >= 15 is 0 Å². The van der Waals surface area contributed by atoms with Crippen molar-refractivity contribution in [3.63, 3.8) is 0 Å². The minimum Gasteiger partial charge on any atom is -0.316 e. The fraction of sp³-hybridized carbons (Fsp3) is 0.333. The van der Waals surface area contributed by atoms with Crippen LogP contribution in [0.15, 0.2) is 27.8 Å². The average molecular weight is 287 g/mol. The summed E-state index contributed by atoms with van der Waals surface area (Å²) in [6.07, 6.45) is -5.33. The summed E-state index contributed by atoms with van der Waals surface area (Å²) in [6, 6.07) is 3.43. The van der Waals surface area contributed by atoms with Crippen molar-refractivity contribution in [1.82, 2.24) is 15.3 Å². The lowest BCUT2D eigenvalue weighted by Crippen LogP contribution is -2.29. The Hall–Kier alpha value is -2.09. The molecule has 8 heteroatoms. The molecule has 108 valence electrons. The maximum atomic E-state index is 12.5. The minimum absolute atomic E-state index is 0.287. The lowest BCUT2D eigenvalue weighted by molar-refractivity contribution is -0.140. The van der Waals surface area contributed by atoms with E-state index in [1.807, 2.05) is 0 Å². The molecular formula is C12H12F3N3O2. The molecule has 2 aromatic rings. The van der Waals surface area contributed by atoms with Crippen LogP contribution < -0.4 is 16.4 Å². The van der Waals surface area contributed by atoms with Crippen molar-refractivity contribution in [3.05, 3.63) is 44.5 Å². The van der Waals surface area contributed by atoms with E-state index in [0.717, 1.165) is 0 Å². The van der Waals surface area contributed by atoms with Crippen LogP contribution in [0, 0.1) is 0 Å². The molecule has 0 saturated heterocycles. The van der Waals surface area contributed by atoms with Gasteiger partial charge in [0.15, 0.2) is 0 Å². The van der Waals surface area contributed by atoms with Crippen LogP contribution in [0.1, 0.15) is 18.0 Å². The van der Waals surface area contributed by atoms with Crippen molar-refractivity contribution >= 4 is 11.0 Å². The van der Waals surface area contributed by atoms with E-state index in [1.54, 1.807) is 0 Å². The van der Waals surface area contributed by atoms with Gasteiger partial charge in [0.25, 0.3) is 0 Å². The largest absolute Gasteiger partial charge is 0.390 e. The molecule has 0 aliphatic heterocycles. The maximum Gasteiger partial charge on any atom is 0.390 e. The first-order valence-electron chi connectivity index (χ1n) is 5.80. The lowest BCUT2D eigenvalue weighted by atomic mass is 10.0. The highest BCUT2D eigenvalue weighted by atomic mass is 19.4. The summed E-state index contributed by atoms with van der Waals surface area (Å²) in [5, 5.41) is 2.58. The third-order valence-corrected chi connectivity index (χ3v) is 2.93. The molecule has 1 atom stereocenters. The molecule has 0 spiro atoms. The Morgan fingerprint density at radius 3 is 2.30 bits per heavy atom. The molecule has 0 saturated carbocycles. The Kier molecular flexibility index (Phi) is 3.67. The molecule has 0 aliphatic carbocycles. The van der Waals surface area contributed by atoms with Gasteiger partial charge in [-0.15, -0.1) is 0 Å². The van der Waals surface area contributed by atoms with Crippen molar-refractivity contribution < 1.29 is 13.2 Å². The molecule has 1 heterocycles. The SMILES string of the molecule is CNC(CC(F)(F)F)c1ccc2[nH]c(=O)c(=O)[nH]c2c1. The summed E-state index contributed by atoms with van der Waals surface area (Å²) < 4.78 is 37.4. The molecule has 0 aliphatic rings. The maximum absolute atomic E-state index is 12.5. The third-order valence-electron chi connectivity index (χ3n) is 2.93. The van der Waals surface area contributed by atoms with Gasteiger partial charge in [-0.3, -0.25) is 9.59 Å². The molecule has 1 aromatic carbocycles. The third kappa shape index (κ3) is 3.08. The zero-order valence-corrected chi connectivity index (χ0v) is 10.5. The first-order chi connectivity index (χ1) is 9.30. The number of H-pyrrole nitrogens is 2. The van der Waals surface area contributed by atoms with E-state index in [0.29, 0.717) is 11.1 Å². The quantitative estimate of drug-likeness (QED) is 0.747. The van der Waals surface area contributed by atoms with Crippen LogP contribution in [0.3, 0.4) is 0 Å². The normalized spacial score (nSPS) is 13.6. The number of aromatic nitrogens is 2. The van der Waals surface area contributed by atoms with E-state index in [4.69, 9.17) is 0 Å². The van der Waals surface area contributed by atoms with Gasteiger partial charge in [-0.25, -0.2) is 0 Å². The van der Waals surface area contributed by atoms with Gasteiger partial charge < -0.3 is 15.3 Å². The molecular weight excluding hydrogens is 275 g/mol. The Morgan fingerprint density at radius 2 is 1.75 bits per heavy atom. The van der Waals surface area contributed by atoms with Crippen molar-refractivity contribution in [2.75, 3.05) is 7.05 Å². The van der Waals surface area contributed by atoms with Crippen LogP contribution in [-0.4, -0.2) is 23.2 Å². The Bertz CT molecular complexity index is 733. The van der Waals surface area contributed by atoms with Gasteiger partial charge in [-0.1, -0.05) is 6.07 Å². The molecule has 1 aromatic heterocycles. The van der Waals surface area contributed by atoms with Gasteiger partial charge in [-0.2, -0.15) is 13.2 Å². The van der Waals surface area contributed by atoms with Gasteiger partial charge in [0.1, 0.15) is 0 Å². The second kappa shape index (κ2) is 5.12. The highest BCUT2D eigenvalue weighted by molar-refractivity contribution is 5.74. The zero-order valence-electron chi connectivity index (χ0n) is 10.5. The molecule has 2 rings (SSSR count). The number of rotatable bonds is 3. The first kappa shape index (κ1) is 14.3. The number of hydrogen-bond acceptors (Lipinski definition) is 3. The van der Waals surface area contributed by atoms with E-state index in [-0.39, 0.29) is 5.52 Å². The minimum atomic E-state index is -4.30. The number of halogens is 3. The molecule has 5 nitrogen and oxygen atoms in total. The Balaban J connectivity index is 2.47. The number of fused-ring (bicyclic) bond motifs is 1. The Labute approximate surface area is 110 Å². The van der Waals surface area contributed by atoms with E-state index in [2.05, 4.69) is 15.3 Å². The van der Waals surface area contributed by atoms with Crippen LogP contribution >= 0.6 is 0 Å². The van der Waals surface area contributed by atoms with Crippen molar-refractivity contribution in [3.8, 4) is 0 Å². The van der Waals surface area contributed by atoms with Crippen molar-refractivity contribution in [2.45, 2.75) is 18.6 Å². The predicted octanol–water partition coefficient (Wildman–Crippen LogP) is 1.43. The van der Waals surface area contributed by atoms with Gasteiger partial charge in [0, 0.05) is 6.04 Å². The van der Waals surface area contributed by atoms with Gasteiger partial charge >= 0.3 is 17.3 Å². The van der Waals surface area contributed by atoms with Crippen LogP contribution in [-0.2, 0) is 0 Å². The molecule has 20 heavy (non-hydrogen) atoms. The fourth-order valence-electron chi connectivity index (χ4n) is 1.97. The Morgan fingerprint density at radius 1 is 1.15 bits per heavy atom. The smallest absolute Gasteiger partial charge is 0.316 e. The summed E-state index contributed by atoms with van der Waals surface area (Å²) >= 11 is 0. The molecule has 1 unspecified atom stereocenters. The first-order valence-corrected chi connectivity index (χ1v) is 5.80. The van der Waals surface area contributed by atoms with Crippen LogP contribution in [0.2, 0.25) is 0 Å². The summed E-state index contributed by atoms with van der Waals surface area (Å²) in [7, 11) is 1.43. The number of benzene rings is 1. The zero-order chi connectivity index (χ0) is 14.9. The fourth-order valence-corrected chi connectivity index (χ4v) is 1.97. The van der Waals surface area contributed by atoms with Gasteiger partial charge in [0.05, 0.1) is 17.5 Å². The molecule has 0 fully saturated rings. The highest BCUT2D eigenvalue weighted by Crippen LogP contribution is 2.29. The van der Waals surface area contributed by atoms with E-state index in [1.165, 1.54) is 25.2 Å². The molecule has 0 radical (unpaired) electrons. The summed E-state index contributed by atoms with van der Waals surface area (Å²) in [4.78, 5) is 27.0. The van der Waals surface area contributed by atoms with Crippen LogP contribution in [0.4, 0.5) is 13.2 Å². The standard InChI is InChI=1S/C12H12F3N3O2/c1-16-9(5-12(13,14)15)6-2-3-7-8(4-6)18-11(20)10(19)17-7/h2-4,9,16H,5H2,1H3,(H,17,19)(H,18,20). The highest BCUT2D eigenvalue weighted by Gasteiger charge is 2.32. The van der Waals surface area contributed by atoms with Crippen LogP contribution in [0.5, 0.6) is 0 Å². The molecule has 3 N–H and O–H groups in total. The monoisotopic (exact) mass is 287 g/mol. The summed E-state index contributed by atoms with van der Waals surface area (Å²) in [6.45, 7) is 0. The van der Waals surface area contributed by atoms with Gasteiger partial charge in [-0.05, 0) is 24.7 Å². The summed E-state index contributed by atoms with van der Waals surface area (Å²) in [5.41, 5.74) is -0.619. The number of hydrogen-bond donors (Lipinski definition) is 3. The molecule has 0 bridgehead atoms. The average Bonchev–Trinajstić information content (AvgIpc) is 2.36. The number of aromatic amines is 2. The number of nitrogens with one attached hydrogen (secondary N) is 3. The second-order valence-corrected chi connectivity index (χ2v) is 4.37. The van der Waals surface area contributed by atoms with Crippen LogP contribution in [0.25, 0.3) is 11.0 Å². The predicted molar refractivity (Wildman–Crippen MR) is 67.7 cm³/mol. The molecule has 0 amide bonds. The van der Waals surface area contributed by atoms with E-state index in [9.17, 15) is 22.8 Å². The van der Waals surface area contributed by atoms with Gasteiger partial charge in [0.2, 0.25) is 0 Å². The lowest BCUT2D eigenvalue weighted by Gasteiger charge is -2.18. The number of alkyl halides is 3. The second-order valence-electron chi connectivity index (χ2n) is 4.37. The van der Waals surface area contributed by atoms with Crippen molar-refractivity contribution in [1.29, 1.82) is 0 Å². The topological polar surface area (TPSA) is 77.8 Å². The van der Waals surface area contributed by atoms with Crippen molar-refractivity contribution in [2.24, 2.45) is 0 Å². The summed E-state index contributed by atoms with van der Waals surface area (Å²) in [5.74, 6) is 0. The van der Waals surface area contributed by atoms with E-state index < -0.39 is 29.8 Å².